The van der Waals surface area contributed by atoms with Gasteiger partial charge in [-0.3, -0.25) is 4.79 Å². The second-order valence-corrected chi connectivity index (χ2v) is 7.68. The van der Waals surface area contributed by atoms with Crippen LogP contribution >= 0.6 is 0 Å². The number of amides is 2. The molecule has 1 heterocycles. The molecule has 1 saturated heterocycles. The first-order valence-corrected chi connectivity index (χ1v) is 10.5. The molecule has 2 amide bonds. The fraction of sp³-hybridized carbons (Fsp3) is 0.417. The Balaban J connectivity index is 1.82. The minimum Gasteiger partial charge on any atom is -0.497 e. The number of ether oxygens (including phenoxy) is 3. The van der Waals surface area contributed by atoms with E-state index in [9.17, 15) is 9.59 Å². The number of benzene rings is 2. The molecule has 1 aliphatic rings. The average Bonchev–Trinajstić information content (AvgIpc) is 2.80. The molecule has 1 aliphatic heterocycles. The third-order valence-electron chi connectivity index (χ3n) is 5.61. The van der Waals surface area contributed by atoms with Crippen LogP contribution in [-0.4, -0.2) is 50.8 Å². The van der Waals surface area contributed by atoms with Crippen molar-refractivity contribution in [1.29, 1.82) is 0 Å². The summed E-state index contributed by atoms with van der Waals surface area (Å²) in [4.78, 5) is 27.8. The van der Waals surface area contributed by atoms with Crippen molar-refractivity contribution in [3.63, 3.8) is 0 Å². The number of hydrogen-bond donors (Lipinski definition) is 1. The van der Waals surface area contributed by atoms with Gasteiger partial charge in [-0.15, -0.1) is 0 Å². The molecule has 2 aromatic rings. The van der Waals surface area contributed by atoms with Crippen LogP contribution in [0, 0.1) is 5.41 Å². The van der Waals surface area contributed by atoms with Crippen molar-refractivity contribution in [2.24, 2.45) is 5.41 Å². The van der Waals surface area contributed by atoms with E-state index in [2.05, 4.69) is 5.32 Å². The molecule has 7 heteroatoms. The molecule has 0 aromatic heterocycles. The lowest BCUT2D eigenvalue weighted by Gasteiger charge is -2.41. The van der Waals surface area contributed by atoms with Gasteiger partial charge in [0.2, 0.25) is 0 Å². The molecule has 7 nitrogen and oxygen atoms in total. The standard InChI is InChI=1S/C24H30N2O5/c1-4-31-22(27)24(16-18-9-6-5-7-10-18)13-8-14-26(17-24)23(28)25-20-15-19(29-2)11-12-21(20)30-3/h5-7,9-12,15H,4,8,13-14,16-17H2,1-3H3,(H,25,28). The number of nitrogens with one attached hydrogen (secondary N) is 1. The van der Waals surface area contributed by atoms with E-state index in [1.807, 2.05) is 30.3 Å². The minimum atomic E-state index is -0.772. The van der Waals surface area contributed by atoms with Gasteiger partial charge in [-0.1, -0.05) is 30.3 Å². The zero-order valence-corrected chi connectivity index (χ0v) is 18.3. The Morgan fingerprint density at radius 3 is 2.55 bits per heavy atom. The van der Waals surface area contributed by atoms with Crippen LogP contribution in [-0.2, 0) is 16.0 Å². The first-order valence-electron chi connectivity index (χ1n) is 10.5. The number of anilines is 1. The van der Waals surface area contributed by atoms with Gasteiger partial charge in [0.15, 0.2) is 0 Å². The van der Waals surface area contributed by atoms with Crippen molar-refractivity contribution in [2.75, 3.05) is 39.2 Å². The van der Waals surface area contributed by atoms with Crippen LogP contribution in [0.15, 0.2) is 48.5 Å². The fourth-order valence-electron chi connectivity index (χ4n) is 4.06. The third-order valence-corrected chi connectivity index (χ3v) is 5.61. The van der Waals surface area contributed by atoms with Gasteiger partial charge in [0.1, 0.15) is 11.5 Å². The molecule has 0 bridgehead atoms. The summed E-state index contributed by atoms with van der Waals surface area (Å²) in [5, 5.41) is 2.91. The lowest BCUT2D eigenvalue weighted by atomic mass is 9.75. The molecule has 1 atom stereocenters. The monoisotopic (exact) mass is 426 g/mol. The average molecular weight is 427 g/mol. The van der Waals surface area contributed by atoms with E-state index in [0.29, 0.717) is 56.1 Å². The molecule has 2 aromatic carbocycles. The van der Waals surface area contributed by atoms with Gasteiger partial charge in [-0.05, 0) is 43.9 Å². The minimum absolute atomic E-state index is 0.254. The van der Waals surface area contributed by atoms with E-state index >= 15 is 0 Å². The normalized spacial score (nSPS) is 18.2. The lowest BCUT2D eigenvalue weighted by Crippen LogP contribution is -2.52. The molecule has 3 rings (SSSR count). The number of piperidine rings is 1. The molecule has 166 valence electrons. The van der Waals surface area contributed by atoms with Crippen molar-refractivity contribution >= 4 is 17.7 Å². The highest BCUT2D eigenvalue weighted by Gasteiger charge is 2.44. The van der Waals surface area contributed by atoms with Crippen LogP contribution in [0.5, 0.6) is 11.5 Å². The van der Waals surface area contributed by atoms with E-state index in [1.165, 1.54) is 0 Å². The number of urea groups is 1. The second-order valence-electron chi connectivity index (χ2n) is 7.68. The summed E-state index contributed by atoms with van der Waals surface area (Å²) in [5.41, 5.74) is 0.792. The number of hydrogen-bond acceptors (Lipinski definition) is 5. The number of rotatable bonds is 7. The largest absolute Gasteiger partial charge is 0.497 e. The summed E-state index contributed by atoms with van der Waals surface area (Å²) in [6.07, 6.45) is 1.92. The quantitative estimate of drug-likeness (QED) is 0.674. The molecular formula is C24H30N2O5. The lowest BCUT2D eigenvalue weighted by molar-refractivity contribution is -0.158. The first-order chi connectivity index (χ1) is 15.0. The SMILES string of the molecule is CCOC(=O)C1(Cc2ccccc2)CCCN(C(=O)Nc2cc(OC)ccc2OC)C1. The summed E-state index contributed by atoms with van der Waals surface area (Å²) in [6.45, 7) is 2.96. The summed E-state index contributed by atoms with van der Waals surface area (Å²) in [5.74, 6) is 0.891. The molecule has 1 N–H and O–H groups in total. The Labute approximate surface area is 183 Å². The van der Waals surface area contributed by atoms with Crippen LogP contribution in [0.3, 0.4) is 0 Å². The number of nitrogens with zero attached hydrogens (tertiary/aromatic N) is 1. The Bertz CT molecular complexity index is 902. The van der Waals surface area contributed by atoms with Crippen molar-refractivity contribution in [1.82, 2.24) is 4.90 Å². The zero-order chi connectivity index (χ0) is 22.3. The summed E-state index contributed by atoms with van der Waals surface area (Å²) in [6, 6.07) is 14.8. The molecule has 0 spiro atoms. The third kappa shape index (κ3) is 5.29. The second kappa shape index (κ2) is 10.2. The number of methoxy groups -OCH3 is 2. The molecule has 31 heavy (non-hydrogen) atoms. The summed E-state index contributed by atoms with van der Waals surface area (Å²) in [7, 11) is 3.11. The fourth-order valence-corrected chi connectivity index (χ4v) is 4.06. The predicted octanol–water partition coefficient (Wildman–Crippen LogP) is 4.12. The van der Waals surface area contributed by atoms with Gasteiger partial charge in [0, 0.05) is 19.2 Å². The van der Waals surface area contributed by atoms with Crippen LogP contribution in [0.1, 0.15) is 25.3 Å². The highest BCUT2D eigenvalue weighted by molar-refractivity contribution is 5.92. The summed E-state index contributed by atoms with van der Waals surface area (Å²) < 4.78 is 16.1. The van der Waals surface area contributed by atoms with Crippen LogP contribution in [0.4, 0.5) is 10.5 Å². The smallest absolute Gasteiger partial charge is 0.321 e. The predicted molar refractivity (Wildman–Crippen MR) is 119 cm³/mol. The van der Waals surface area contributed by atoms with Gasteiger partial charge in [-0.2, -0.15) is 0 Å². The molecule has 0 aliphatic carbocycles. The number of likely N-dealkylation sites (tertiary alicyclic amines) is 1. The van der Waals surface area contributed by atoms with E-state index in [-0.39, 0.29) is 12.0 Å². The van der Waals surface area contributed by atoms with Gasteiger partial charge in [-0.25, -0.2) is 4.79 Å². The van der Waals surface area contributed by atoms with Gasteiger partial charge in [0.05, 0.1) is 31.9 Å². The Morgan fingerprint density at radius 1 is 1.10 bits per heavy atom. The van der Waals surface area contributed by atoms with E-state index in [0.717, 1.165) is 5.56 Å². The topological polar surface area (TPSA) is 77.1 Å². The Kier molecular flexibility index (Phi) is 7.39. The molecule has 1 unspecified atom stereocenters. The van der Waals surface area contributed by atoms with Gasteiger partial charge < -0.3 is 24.4 Å². The zero-order valence-electron chi connectivity index (χ0n) is 18.3. The molecule has 0 radical (unpaired) electrons. The summed E-state index contributed by atoms with van der Waals surface area (Å²) >= 11 is 0. The number of carbonyl (C=O) groups is 2. The molecular weight excluding hydrogens is 396 g/mol. The Hall–Kier alpha value is -3.22. The van der Waals surface area contributed by atoms with E-state index in [1.54, 1.807) is 44.2 Å². The van der Waals surface area contributed by atoms with Crippen molar-refractivity contribution in [3.05, 3.63) is 54.1 Å². The van der Waals surface area contributed by atoms with Crippen molar-refractivity contribution < 1.29 is 23.8 Å². The van der Waals surface area contributed by atoms with E-state index < -0.39 is 5.41 Å². The van der Waals surface area contributed by atoms with Crippen LogP contribution in [0.2, 0.25) is 0 Å². The highest BCUT2D eigenvalue weighted by atomic mass is 16.5. The van der Waals surface area contributed by atoms with Crippen molar-refractivity contribution in [3.8, 4) is 11.5 Å². The molecule has 1 fully saturated rings. The van der Waals surface area contributed by atoms with Gasteiger partial charge in [0.25, 0.3) is 0 Å². The number of carbonyl (C=O) groups excluding carboxylic acids is 2. The first kappa shape index (κ1) is 22.5. The Morgan fingerprint density at radius 2 is 1.87 bits per heavy atom. The van der Waals surface area contributed by atoms with Crippen LogP contribution in [0.25, 0.3) is 0 Å². The maximum atomic E-state index is 13.1. The highest BCUT2D eigenvalue weighted by Crippen LogP contribution is 2.36. The number of esters is 1. The maximum Gasteiger partial charge on any atom is 0.321 e. The van der Waals surface area contributed by atoms with E-state index in [4.69, 9.17) is 14.2 Å². The maximum absolute atomic E-state index is 13.1. The van der Waals surface area contributed by atoms with Crippen LogP contribution < -0.4 is 14.8 Å². The molecule has 0 saturated carbocycles. The van der Waals surface area contributed by atoms with Gasteiger partial charge >= 0.3 is 12.0 Å². The van der Waals surface area contributed by atoms with Crippen molar-refractivity contribution in [2.45, 2.75) is 26.2 Å².